The van der Waals surface area contributed by atoms with Gasteiger partial charge in [0.2, 0.25) is 0 Å². The molecule has 0 saturated carbocycles. The minimum atomic E-state index is 0.196. The van der Waals surface area contributed by atoms with E-state index in [1.807, 2.05) is 4.90 Å². The van der Waals surface area contributed by atoms with E-state index in [9.17, 15) is 0 Å². The minimum absolute atomic E-state index is 0.196. The lowest BCUT2D eigenvalue weighted by Crippen LogP contribution is -2.32. The topological polar surface area (TPSA) is 47.3 Å². The Morgan fingerprint density at radius 3 is 3.10 bits per heavy atom. The number of nitrogens with zero attached hydrogens (tertiary/aromatic N) is 2. The maximum Gasteiger partial charge on any atom is 0.0869 e. The van der Waals surface area contributed by atoms with Crippen molar-refractivity contribution >= 4 is 0 Å². The molecule has 0 amide bonds. The Balaban J connectivity index is 2.36. The molecule has 0 aromatic carbocycles. The van der Waals surface area contributed by atoms with E-state index in [4.69, 9.17) is 10.4 Å². The number of aliphatic hydroxyl groups excluding tert-OH is 1. The molecule has 1 saturated heterocycles. The van der Waals surface area contributed by atoms with Crippen LogP contribution in [0.15, 0.2) is 0 Å². The number of aliphatic hydroxyl groups is 1. The Morgan fingerprint density at radius 2 is 2.50 bits per heavy atom. The van der Waals surface area contributed by atoms with Gasteiger partial charge in [0.25, 0.3) is 0 Å². The zero-order valence-electron chi connectivity index (χ0n) is 5.95. The van der Waals surface area contributed by atoms with Crippen LogP contribution in [-0.2, 0) is 0 Å². The Kier molecular flexibility index (Phi) is 2.67. The molecule has 0 unspecified atom stereocenters. The Labute approximate surface area is 60.9 Å². The first-order valence-corrected chi connectivity index (χ1v) is 3.60. The molecular formula is C7H12N2O. The highest BCUT2D eigenvalue weighted by molar-refractivity contribution is 4.85. The van der Waals surface area contributed by atoms with Crippen LogP contribution in [0.2, 0.25) is 0 Å². The van der Waals surface area contributed by atoms with Gasteiger partial charge in [-0.25, -0.2) is 0 Å². The average molecular weight is 140 g/mol. The van der Waals surface area contributed by atoms with Gasteiger partial charge in [0.05, 0.1) is 19.2 Å². The van der Waals surface area contributed by atoms with Crippen LogP contribution in [0.25, 0.3) is 0 Å². The minimum Gasteiger partial charge on any atom is -0.395 e. The fraction of sp³-hybridized carbons (Fsp3) is 0.857. The van der Waals surface area contributed by atoms with Crippen molar-refractivity contribution in [3.8, 4) is 6.07 Å². The summed E-state index contributed by atoms with van der Waals surface area (Å²) in [7, 11) is 0. The van der Waals surface area contributed by atoms with Crippen molar-refractivity contribution in [2.45, 2.75) is 18.9 Å². The highest BCUT2D eigenvalue weighted by Crippen LogP contribution is 2.14. The third kappa shape index (κ3) is 1.47. The van der Waals surface area contributed by atoms with Gasteiger partial charge in [0.15, 0.2) is 0 Å². The molecule has 56 valence electrons. The van der Waals surface area contributed by atoms with E-state index in [0.29, 0.717) is 6.54 Å². The first-order chi connectivity index (χ1) is 4.88. The second kappa shape index (κ2) is 3.55. The first-order valence-electron chi connectivity index (χ1n) is 3.60. The predicted octanol–water partition coefficient (Wildman–Crippen LogP) is -0.0333. The third-order valence-electron chi connectivity index (χ3n) is 1.98. The first kappa shape index (κ1) is 7.52. The van der Waals surface area contributed by atoms with Crippen molar-refractivity contribution in [3.05, 3.63) is 0 Å². The summed E-state index contributed by atoms with van der Waals surface area (Å²) in [5.74, 6) is 0. The summed E-state index contributed by atoms with van der Waals surface area (Å²) in [6.45, 7) is 1.63. The van der Waals surface area contributed by atoms with Crippen LogP contribution in [0.5, 0.6) is 0 Å². The van der Waals surface area contributed by atoms with E-state index in [0.717, 1.165) is 19.4 Å². The molecule has 0 radical (unpaired) electrons. The van der Waals surface area contributed by atoms with Gasteiger partial charge >= 0.3 is 0 Å². The summed E-state index contributed by atoms with van der Waals surface area (Å²) >= 11 is 0. The van der Waals surface area contributed by atoms with Crippen molar-refractivity contribution in [2.75, 3.05) is 19.7 Å². The summed E-state index contributed by atoms with van der Waals surface area (Å²) in [4.78, 5) is 2.03. The Bertz CT molecular complexity index is 141. The van der Waals surface area contributed by atoms with Gasteiger partial charge in [-0.15, -0.1) is 0 Å². The number of hydrogen-bond donors (Lipinski definition) is 1. The molecule has 1 aliphatic heterocycles. The van der Waals surface area contributed by atoms with Gasteiger partial charge in [-0.3, -0.25) is 4.90 Å². The summed E-state index contributed by atoms with van der Waals surface area (Å²) < 4.78 is 0. The van der Waals surface area contributed by atoms with Crippen LogP contribution < -0.4 is 0 Å². The zero-order chi connectivity index (χ0) is 7.40. The molecule has 0 aromatic heterocycles. The molecule has 0 aromatic rings. The normalized spacial score (nSPS) is 26.6. The quantitative estimate of drug-likeness (QED) is 0.548. The molecule has 1 N–H and O–H groups in total. The lowest BCUT2D eigenvalue weighted by atomic mass is 10.2. The van der Waals surface area contributed by atoms with Gasteiger partial charge in [0.1, 0.15) is 0 Å². The fourth-order valence-corrected chi connectivity index (χ4v) is 1.40. The Morgan fingerprint density at radius 1 is 1.70 bits per heavy atom. The van der Waals surface area contributed by atoms with Crippen LogP contribution in [0.3, 0.4) is 0 Å². The molecule has 3 heteroatoms. The SMILES string of the molecule is N#CCN1CCC[C@@H]1CO. The molecule has 1 aliphatic rings. The van der Waals surface area contributed by atoms with Crippen molar-refractivity contribution < 1.29 is 5.11 Å². The molecule has 1 fully saturated rings. The van der Waals surface area contributed by atoms with Crippen LogP contribution in [-0.4, -0.2) is 35.7 Å². The van der Waals surface area contributed by atoms with Crippen molar-refractivity contribution in [3.63, 3.8) is 0 Å². The molecule has 1 rings (SSSR count). The lowest BCUT2D eigenvalue weighted by molar-refractivity contribution is 0.171. The molecule has 3 nitrogen and oxygen atoms in total. The second-order valence-electron chi connectivity index (χ2n) is 2.61. The zero-order valence-corrected chi connectivity index (χ0v) is 5.95. The molecule has 1 atom stereocenters. The highest BCUT2D eigenvalue weighted by Gasteiger charge is 2.22. The van der Waals surface area contributed by atoms with E-state index in [-0.39, 0.29) is 12.6 Å². The maximum absolute atomic E-state index is 8.81. The molecule has 0 bridgehead atoms. The molecule has 1 heterocycles. The van der Waals surface area contributed by atoms with Crippen LogP contribution in [0, 0.1) is 11.3 Å². The summed E-state index contributed by atoms with van der Waals surface area (Å²) in [5.41, 5.74) is 0. The monoisotopic (exact) mass is 140 g/mol. The second-order valence-corrected chi connectivity index (χ2v) is 2.61. The Hall–Kier alpha value is -0.590. The average Bonchev–Trinajstić information content (AvgIpc) is 2.36. The third-order valence-corrected chi connectivity index (χ3v) is 1.98. The predicted molar refractivity (Wildman–Crippen MR) is 37.3 cm³/mol. The maximum atomic E-state index is 8.81. The van der Waals surface area contributed by atoms with Gasteiger partial charge in [-0.1, -0.05) is 0 Å². The lowest BCUT2D eigenvalue weighted by Gasteiger charge is -2.18. The molecule has 0 spiro atoms. The highest BCUT2D eigenvalue weighted by atomic mass is 16.3. The largest absolute Gasteiger partial charge is 0.395 e. The van der Waals surface area contributed by atoms with E-state index in [2.05, 4.69) is 6.07 Å². The van der Waals surface area contributed by atoms with Gasteiger partial charge in [-0.2, -0.15) is 5.26 Å². The van der Waals surface area contributed by atoms with Gasteiger partial charge in [0, 0.05) is 6.04 Å². The van der Waals surface area contributed by atoms with E-state index in [1.165, 1.54) is 0 Å². The molecular weight excluding hydrogens is 128 g/mol. The number of hydrogen-bond acceptors (Lipinski definition) is 3. The van der Waals surface area contributed by atoms with E-state index >= 15 is 0 Å². The molecule has 0 aliphatic carbocycles. The van der Waals surface area contributed by atoms with E-state index < -0.39 is 0 Å². The van der Waals surface area contributed by atoms with Crippen molar-refractivity contribution in [1.82, 2.24) is 4.90 Å². The van der Waals surface area contributed by atoms with Crippen molar-refractivity contribution in [1.29, 1.82) is 5.26 Å². The van der Waals surface area contributed by atoms with Gasteiger partial charge < -0.3 is 5.11 Å². The summed E-state index contributed by atoms with van der Waals surface area (Å²) in [6.07, 6.45) is 2.16. The summed E-state index contributed by atoms with van der Waals surface area (Å²) in [5, 5.41) is 17.2. The smallest absolute Gasteiger partial charge is 0.0869 e. The standard InChI is InChI=1S/C7H12N2O/c8-3-5-9-4-1-2-7(9)6-10/h7,10H,1-2,4-6H2/t7-/m1/s1. The molecule has 10 heavy (non-hydrogen) atoms. The fourth-order valence-electron chi connectivity index (χ4n) is 1.40. The van der Waals surface area contributed by atoms with Crippen LogP contribution in [0.1, 0.15) is 12.8 Å². The number of rotatable bonds is 2. The summed E-state index contributed by atoms with van der Waals surface area (Å²) in [6, 6.07) is 2.34. The van der Waals surface area contributed by atoms with Crippen LogP contribution in [0.4, 0.5) is 0 Å². The van der Waals surface area contributed by atoms with Crippen LogP contribution >= 0.6 is 0 Å². The van der Waals surface area contributed by atoms with E-state index in [1.54, 1.807) is 0 Å². The number of likely N-dealkylation sites (tertiary alicyclic amines) is 1. The number of nitriles is 1. The van der Waals surface area contributed by atoms with Gasteiger partial charge in [-0.05, 0) is 19.4 Å². The van der Waals surface area contributed by atoms with Crippen molar-refractivity contribution in [2.24, 2.45) is 0 Å².